The molecule has 1 amide bonds. The van der Waals surface area contributed by atoms with E-state index in [0.717, 1.165) is 0 Å². The highest BCUT2D eigenvalue weighted by Gasteiger charge is 2.18. The number of nitrogens with zero attached hydrogens (tertiary/aromatic N) is 1. The summed E-state index contributed by atoms with van der Waals surface area (Å²) in [6.45, 7) is 2.24. The molecule has 3 N–H and O–H groups in total. The van der Waals surface area contributed by atoms with Crippen molar-refractivity contribution < 1.29 is 14.6 Å². The molecule has 0 aliphatic carbocycles. The van der Waals surface area contributed by atoms with Crippen molar-refractivity contribution in [2.45, 2.75) is 13.0 Å². The third-order valence-electron chi connectivity index (χ3n) is 2.36. The number of rotatable bonds is 4. The predicted octanol–water partition coefficient (Wildman–Crippen LogP) is 0.820. The van der Waals surface area contributed by atoms with Crippen LogP contribution in [0.4, 0.5) is 0 Å². The van der Waals surface area contributed by atoms with Gasteiger partial charge in [0.1, 0.15) is 0 Å². The fourth-order valence-corrected chi connectivity index (χ4v) is 1.58. The number of phenols is 1. The maximum atomic E-state index is 12.0. The van der Waals surface area contributed by atoms with Gasteiger partial charge in [-0.1, -0.05) is 6.07 Å². The first-order valence-corrected chi connectivity index (χ1v) is 5.34. The highest BCUT2D eigenvalue weighted by Crippen LogP contribution is 2.29. The van der Waals surface area contributed by atoms with Gasteiger partial charge < -0.3 is 20.5 Å². The van der Waals surface area contributed by atoms with Crippen molar-refractivity contribution in [2.24, 2.45) is 5.73 Å². The van der Waals surface area contributed by atoms with E-state index in [1.807, 2.05) is 6.92 Å². The summed E-state index contributed by atoms with van der Waals surface area (Å²) < 4.78 is 4.95. The standard InChI is InChI=1S/C12H18N2O3/c1-8(13)7-14(2)12(16)9-5-4-6-10(17-3)11(9)15/h4-6,8,15H,7,13H2,1-3H3. The Balaban J connectivity index is 2.96. The third kappa shape index (κ3) is 3.10. The summed E-state index contributed by atoms with van der Waals surface area (Å²) >= 11 is 0. The van der Waals surface area contributed by atoms with Gasteiger partial charge in [0.15, 0.2) is 11.5 Å². The van der Waals surface area contributed by atoms with Crippen molar-refractivity contribution in [2.75, 3.05) is 20.7 Å². The van der Waals surface area contributed by atoms with Crippen LogP contribution in [0.15, 0.2) is 18.2 Å². The molecule has 1 rings (SSSR count). The summed E-state index contributed by atoms with van der Waals surface area (Å²) in [5.74, 6) is -0.139. The molecule has 0 bridgehead atoms. The number of para-hydroxylation sites is 1. The number of nitrogens with two attached hydrogens (primary N) is 1. The number of amides is 1. The number of benzene rings is 1. The highest BCUT2D eigenvalue weighted by molar-refractivity contribution is 5.97. The molecule has 0 spiro atoms. The van der Waals surface area contributed by atoms with Gasteiger partial charge in [0, 0.05) is 19.6 Å². The number of methoxy groups -OCH3 is 1. The molecule has 0 aliphatic heterocycles. The monoisotopic (exact) mass is 238 g/mol. The lowest BCUT2D eigenvalue weighted by molar-refractivity contribution is 0.0785. The number of phenolic OH excluding ortho intramolecular Hbond substituents is 1. The minimum Gasteiger partial charge on any atom is -0.504 e. The molecule has 0 radical (unpaired) electrons. The Bertz CT molecular complexity index is 405. The lowest BCUT2D eigenvalue weighted by atomic mass is 10.1. The molecular formula is C12H18N2O3. The van der Waals surface area contributed by atoms with Crippen LogP contribution in [0.2, 0.25) is 0 Å². The fraction of sp³-hybridized carbons (Fsp3) is 0.417. The lowest BCUT2D eigenvalue weighted by Crippen LogP contribution is -2.36. The fourth-order valence-electron chi connectivity index (χ4n) is 1.58. The molecule has 0 aromatic heterocycles. The van der Waals surface area contributed by atoms with Crippen molar-refractivity contribution in [3.63, 3.8) is 0 Å². The van der Waals surface area contributed by atoms with Crippen LogP contribution in [0, 0.1) is 0 Å². The summed E-state index contributed by atoms with van der Waals surface area (Å²) in [6.07, 6.45) is 0. The van der Waals surface area contributed by atoms with Gasteiger partial charge in [-0.2, -0.15) is 0 Å². The van der Waals surface area contributed by atoms with Gasteiger partial charge in [0.05, 0.1) is 12.7 Å². The van der Waals surface area contributed by atoms with E-state index in [1.165, 1.54) is 12.0 Å². The number of ether oxygens (including phenoxy) is 1. The average molecular weight is 238 g/mol. The van der Waals surface area contributed by atoms with Crippen LogP contribution < -0.4 is 10.5 Å². The van der Waals surface area contributed by atoms with E-state index < -0.39 is 0 Å². The van der Waals surface area contributed by atoms with Crippen LogP contribution in [0.25, 0.3) is 0 Å². The van der Waals surface area contributed by atoms with Crippen LogP contribution in [0.3, 0.4) is 0 Å². The topological polar surface area (TPSA) is 75.8 Å². The van der Waals surface area contributed by atoms with Gasteiger partial charge >= 0.3 is 0 Å². The van der Waals surface area contributed by atoms with E-state index in [2.05, 4.69) is 0 Å². The van der Waals surface area contributed by atoms with Gasteiger partial charge in [-0.05, 0) is 19.1 Å². The second kappa shape index (κ2) is 5.54. The van der Waals surface area contributed by atoms with Gasteiger partial charge in [0.2, 0.25) is 0 Å². The predicted molar refractivity (Wildman–Crippen MR) is 65.3 cm³/mol. The normalized spacial score (nSPS) is 12.0. The zero-order valence-corrected chi connectivity index (χ0v) is 10.3. The first kappa shape index (κ1) is 13.3. The van der Waals surface area contributed by atoms with Crippen LogP contribution in [-0.4, -0.2) is 42.7 Å². The Labute approximate surface area is 101 Å². The largest absolute Gasteiger partial charge is 0.504 e. The molecule has 5 nitrogen and oxygen atoms in total. The Morgan fingerprint density at radius 1 is 1.59 bits per heavy atom. The number of likely N-dealkylation sites (N-methyl/N-ethyl adjacent to an activating group) is 1. The van der Waals surface area contributed by atoms with E-state index in [9.17, 15) is 9.90 Å². The first-order valence-electron chi connectivity index (χ1n) is 5.34. The summed E-state index contributed by atoms with van der Waals surface area (Å²) in [4.78, 5) is 13.5. The van der Waals surface area contributed by atoms with Crippen molar-refractivity contribution in [1.29, 1.82) is 0 Å². The molecule has 1 atom stereocenters. The first-order chi connectivity index (χ1) is 7.97. The van der Waals surface area contributed by atoms with E-state index in [4.69, 9.17) is 10.5 Å². The zero-order chi connectivity index (χ0) is 13.0. The van der Waals surface area contributed by atoms with Crippen LogP contribution in [0.5, 0.6) is 11.5 Å². The van der Waals surface area contributed by atoms with E-state index in [0.29, 0.717) is 6.54 Å². The van der Waals surface area contributed by atoms with Gasteiger partial charge in [-0.25, -0.2) is 0 Å². The summed E-state index contributed by atoms with van der Waals surface area (Å²) in [6, 6.07) is 4.69. The lowest BCUT2D eigenvalue weighted by Gasteiger charge is -2.20. The zero-order valence-electron chi connectivity index (χ0n) is 10.3. The molecule has 0 fully saturated rings. The molecule has 1 unspecified atom stereocenters. The van der Waals surface area contributed by atoms with Crippen molar-refractivity contribution in [3.05, 3.63) is 23.8 Å². The summed E-state index contributed by atoms with van der Waals surface area (Å²) in [5, 5.41) is 9.84. The molecule has 0 saturated heterocycles. The summed E-state index contributed by atoms with van der Waals surface area (Å²) in [7, 11) is 3.08. The Kier molecular flexibility index (Phi) is 4.34. The van der Waals surface area contributed by atoms with Crippen molar-refractivity contribution in [3.8, 4) is 11.5 Å². The number of hydrogen-bond donors (Lipinski definition) is 2. The minimum absolute atomic E-state index is 0.114. The maximum absolute atomic E-state index is 12.0. The highest BCUT2D eigenvalue weighted by atomic mass is 16.5. The quantitative estimate of drug-likeness (QED) is 0.814. The third-order valence-corrected chi connectivity index (χ3v) is 2.36. The number of carbonyl (C=O) groups excluding carboxylic acids is 1. The molecule has 0 aliphatic rings. The molecule has 94 valence electrons. The van der Waals surface area contributed by atoms with Crippen molar-refractivity contribution >= 4 is 5.91 Å². The Hall–Kier alpha value is -1.75. The minimum atomic E-state index is -0.279. The number of hydrogen-bond acceptors (Lipinski definition) is 4. The molecule has 5 heteroatoms. The van der Waals surface area contributed by atoms with Crippen LogP contribution >= 0.6 is 0 Å². The number of carbonyl (C=O) groups is 1. The molecule has 1 aromatic carbocycles. The second-order valence-electron chi connectivity index (χ2n) is 4.02. The van der Waals surface area contributed by atoms with E-state index in [-0.39, 0.29) is 29.0 Å². The van der Waals surface area contributed by atoms with Crippen molar-refractivity contribution in [1.82, 2.24) is 4.90 Å². The molecule has 0 heterocycles. The smallest absolute Gasteiger partial charge is 0.257 e. The van der Waals surface area contributed by atoms with Gasteiger partial charge in [-0.3, -0.25) is 4.79 Å². The molecule has 0 saturated carbocycles. The summed E-state index contributed by atoms with van der Waals surface area (Å²) in [5.41, 5.74) is 5.84. The Morgan fingerprint density at radius 3 is 2.76 bits per heavy atom. The van der Waals surface area contributed by atoms with Crippen LogP contribution in [-0.2, 0) is 0 Å². The molecule has 1 aromatic rings. The van der Waals surface area contributed by atoms with Gasteiger partial charge in [-0.15, -0.1) is 0 Å². The maximum Gasteiger partial charge on any atom is 0.257 e. The SMILES string of the molecule is COc1cccc(C(=O)N(C)CC(C)N)c1O. The number of aromatic hydroxyl groups is 1. The second-order valence-corrected chi connectivity index (χ2v) is 4.02. The molecular weight excluding hydrogens is 220 g/mol. The van der Waals surface area contributed by atoms with Gasteiger partial charge in [0.25, 0.3) is 5.91 Å². The average Bonchev–Trinajstić information content (AvgIpc) is 2.27. The van der Waals surface area contributed by atoms with E-state index in [1.54, 1.807) is 25.2 Å². The molecule has 17 heavy (non-hydrogen) atoms. The van der Waals surface area contributed by atoms with Crippen LogP contribution in [0.1, 0.15) is 17.3 Å². The van der Waals surface area contributed by atoms with E-state index >= 15 is 0 Å². The Morgan fingerprint density at radius 2 is 2.24 bits per heavy atom.